The summed E-state index contributed by atoms with van der Waals surface area (Å²) in [6.45, 7) is 6.25. The fourth-order valence-electron chi connectivity index (χ4n) is 2.56. The molecule has 4 nitrogen and oxygen atoms in total. The van der Waals surface area contributed by atoms with Crippen molar-refractivity contribution < 1.29 is 14.7 Å². The van der Waals surface area contributed by atoms with Gasteiger partial charge in [0.15, 0.2) is 0 Å². The van der Waals surface area contributed by atoms with Gasteiger partial charge in [0.1, 0.15) is 0 Å². The number of carbonyl (C=O) groups excluding carboxylic acids is 1. The highest BCUT2D eigenvalue weighted by Gasteiger charge is 2.37. The summed E-state index contributed by atoms with van der Waals surface area (Å²) in [7, 11) is 0. The molecule has 0 aromatic carbocycles. The molecule has 0 aliphatic heterocycles. The van der Waals surface area contributed by atoms with E-state index >= 15 is 0 Å². The molecular formula is C14H25NO3. The lowest BCUT2D eigenvalue weighted by Gasteiger charge is -2.29. The summed E-state index contributed by atoms with van der Waals surface area (Å²) >= 11 is 0. The van der Waals surface area contributed by atoms with Crippen LogP contribution in [0.3, 0.4) is 0 Å². The SMILES string of the molecule is CC(C)C(C)CC(=O)NC1(CC(=O)O)CCCC1. The van der Waals surface area contributed by atoms with Crippen LogP contribution in [0.1, 0.15) is 59.3 Å². The van der Waals surface area contributed by atoms with Crippen molar-refractivity contribution in [3.05, 3.63) is 0 Å². The summed E-state index contributed by atoms with van der Waals surface area (Å²) in [4.78, 5) is 22.9. The lowest BCUT2D eigenvalue weighted by Crippen LogP contribution is -2.48. The molecule has 1 rings (SSSR count). The van der Waals surface area contributed by atoms with Crippen LogP contribution in [0.25, 0.3) is 0 Å². The maximum atomic E-state index is 12.0. The van der Waals surface area contributed by atoms with Gasteiger partial charge in [-0.25, -0.2) is 0 Å². The normalized spacial score (nSPS) is 19.8. The number of carbonyl (C=O) groups is 2. The molecule has 1 aliphatic rings. The predicted octanol–water partition coefficient (Wildman–Crippen LogP) is 2.57. The first-order chi connectivity index (χ1) is 8.34. The Morgan fingerprint density at radius 3 is 2.22 bits per heavy atom. The Kier molecular flexibility index (Phi) is 5.17. The molecule has 2 N–H and O–H groups in total. The second-order valence-electron chi connectivity index (χ2n) is 6.03. The van der Waals surface area contributed by atoms with Gasteiger partial charge in [0.2, 0.25) is 5.91 Å². The van der Waals surface area contributed by atoms with Crippen LogP contribution in [0.15, 0.2) is 0 Å². The van der Waals surface area contributed by atoms with Crippen LogP contribution in [-0.4, -0.2) is 22.5 Å². The highest BCUT2D eigenvalue weighted by molar-refractivity contribution is 5.78. The molecule has 0 aromatic heterocycles. The molecule has 1 aliphatic carbocycles. The molecule has 1 fully saturated rings. The van der Waals surface area contributed by atoms with E-state index in [2.05, 4.69) is 26.1 Å². The first kappa shape index (κ1) is 15.0. The van der Waals surface area contributed by atoms with E-state index in [1.54, 1.807) is 0 Å². The molecular weight excluding hydrogens is 230 g/mol. The summed E-state index contributed by atoms with van der Waals surface area (Å²) in [5.74, 6) is -0.0310. The Labute approximate surface area is 109 Å². The number of carboxylic acid groups (broad SMARTS) is 1. The average molecular weight is 255 g/mol. The van der Waals surface area contributed by atoms with Crippen molar-refractivity contribution in [3.8, 4) is 0 Å². The van der Waals surface area contributed by atoms with E-state index < -0.39 is 11.5 Å². The van der Waals surface area contributed by atoms with Crippen molar-refractivity contribution in [2.45, 2.75) is 64.8 Å². The standard InChI is InChI=1S/C14H25NO3/c1-10(2)11(3)8-12(16)15-14(9-13(17)18)6-4-5-7-14/h10-11H,4-9H2,1-3H3,(H,15,16)(H,17,18). The Bertz CT molecular complexity index is 306. The molecule has 0 radical (unpaired) electrons. The van der Waals surface area contributed by atoms with Gasteiger partial charge < -0.3 is 10.4 Å². The minimum Gasteiger partial charge on any atom is -0.481 e. The Morgan fingerprint density at radius 1 is 1.22 bits per heavy atom. The Morgan fingerprint density at radius 2 is 1.78 bits per heavy atom. The van der Waals surface area contributed by atoms with E-state index in [0.717, 1.165) is 25.7 Å². The summed E-state index contributed by atoms with van der Waals surface area (Å²) in [6.07, 6.45) is 4.14. The monoisotopic (exact) mass is 255 g/mol. The van der Waals surface area contributed by atoms with Gasteiger partial charge in [-0.3, -0.25) is 9.59 Å². The van der Waals surface area contributed by atoms with Crippen molar-refractivity contribution in [1.29, 1.82) is 0 Å². The maximum absolute atomic E-state index is 12.0. The number of hydrogen-bond acceptors (Lipinski definition) is 2. The van der Waals surface area contributed by atoms with E-state index in [1.165, 1.54) is 0 Å². The van der Waals surface area contributed by atoms with Crippen LogP contribution >= 0.6 is 0 Å². The third kappa shape index (κ3) is 4.31. The molecule has 4 heteroatoms. The van der Waals surface area contributed by atoms with Crippen molar-refractivity contribution in [2.24, 2.45) is 11.8 Å². The van der Waals surface area contributed by atoms with Crippen LogP contribution in [0.5, 0.6) is 0 Å². The largest absolute Gasteiger partial charge is 0.481 e. The van der Waals surface area contributed by atoms with Gasteiger partial charge in [-0.15, -0.1) is 0 Å². The van der Waals surface area contributed by atoms with Crippen LogP contribution in [0.4, 0.5) is 0 Å². The molecule has 0 saturated heterocycles. The number of nitrogens with one attached hydrogen (secondary N) is 1. The smallest absolute Gasteiger partial charge is 0.305 e. The zero-order valence-electron chi connectivity index (χ0n) is 11.7. The van der Waals surface area contributed by atoms with Crippen LogP contribution < -0.4 is 5.32 Å². The second kappa shape index (κ2) is 6.21. The highest BCUT2D eigenvalue weighted by atomic mass is 16.4. The first-order valence-electron chi connectivity index (χ1n) is 6.87. The predicted molar refractivity (Wildman–Crippen MR) is 70.2 cm³/mol. The molecule has 104 valence electrons. The molecule has 18 heavy (non-hydrogen) atoms. The van der Waals surface area contributed by atoms with E-state index in [-0.39, 0.29) is 12.3 Å². The molecule has 1 atom stereocenters. The van der Waals surface area contributed by atoms with Crippen molar-refractivity contribution in [2.75, 3.05) is 0 Å². The van der Waals surface area contributed by atoms with Gasteiger partial charge in [-0.05, 0) is 24.7 Å². The minimum atomic E-state index is -0.825. The summed E-state index contributed by atoms with van der Waals surface area (Å²) in [6, 6.07) is 0. The molecule has 1 unspecified atom stereocenters. The molecule has 0 aromatic rings. The van der Waals surface area contributed by atoms with Gasteiger partial charge in [0.05, 0.1) is 12.0 Å². The second-order valence-corrected chi connectivity index (χ2v) is 6.03. The lowest BCUT2D eigenvalue weighted by molar-refractivity contribution is -0.139. The lowest BCUT2D eigenvalue weighted by atomic mass is 9.90. The van der Waals surface area contributed by atoms with Crippen LogP contribution in [0.2, 0.25) is 0 Å². The molecule has 1 saturated carbocycles. The fraction of sp³-hybridized carbons (Fsp3) is 0.857. The van der Waals surface area contributed by atoms with Gasteiger partial charge in [0, 0.05) is 6.42 Å². The van der Waals surface area contributed by atoms with Gasteiger partial charge in [-0.1, -0.05) is 33.6 Å². The highest BCUT2D eigenvalue weighted by Crippen LogP contribution is 2.33. The topological polar surface area (TPSA) is 66.4 Å². The number of carboxylic acids is 1. The van der Waals surface area contributed by atoms with E-state index in [9.17, 15) is 9.59 Å². The van der Waals surface area contributed by atoms with Gasteiger partial charge >= 0.3 is 5.97 Å². The number of amides is 1. The van der Waals surface area contributed by atoms with Crippen molar-refractivity contribution >= 4 is 11.9 Å². The fourth-order valence-corrected chi connectivity index (χ4v) is 2.56. The molecule has 0 spiro atoms. The zero-order valence-corrected chi connectivity index (χ0v) is 11.7. The van der Waals surface area contributed by atoms with Gasteiger partial charge in [0.25, 0.3) is 0 Å². The number of rotatable bonds is 6. The third-order valence-electron chi connectivity index (χ3n) is 4.10. The van der Waals surface area contributed by atoms with Crippen LogP contribution in [-0.2, 0) is 9.59 Å². The molecule has 0 heterocycles. The Hall–Kier alpha value is -1.06. The van der Waals surface area contributed by atoms with Crippen molar-refractivity contribution in [1.82, 2.24) is 5.32 Å². The summed E-state index contributed by atoms with van der Waals surface area (Å²) in [5, 5.41) is 12.0. The van der Waals surface area contributed by atoms with E-state index in [0.29, 0.717) is 18.3 Å². The number of hydrogen-bond donors (Lipinski definition) is 2. The van der Waals surface area contributed by atoms with Crippen molar-refractivity contribution in [3.63, 3.8) is 0 Å². The average Bonchev–Trinajstić information content (AvgIpc) is 2.64. The zero-order chi connectivity index (χ0) is 13.8. The number of aliphatic carboxylic acids is 1. The summed E-state index contributed by atoms with van der Waals surface area (Å²) in [5.41, 5.74) is -0.486. The third-order valence-corrected chi connectivity index (χ3v) is 4.10. The van der Waals surface area contributed by atoms with Crippen LogP contribution in [0, 0.1) is 11.8 Å². The first-order valence-corrected chi connectivity index (χ1v) is 6.87. The summed E-state index contributed by atoms with van der Waals surface area (Å²) < 4.78 is 0. The maximum Gasteiger partial charge on any atom is 0.305 e. The van der Waals surface area contributed by atoms with E-state index in [4.69, 9.17) is 5.11 Å². The Balaban J connectivity index is 2.56. The quantitative estimate of drug-likeness (QED) is 0.766. The minimum absolute atomic E-state index is 0.000602. The van der Waals surface area contributed by atoms with E-state index in [1.807, 2.05) is 0 Å². The molecule has 0 bridgehead atoms. The molecule has 1 amide bonds. The van der Waals surface area contributed by atoms with Gasteiger partial charge in [-0.2, -0.15) is 0 Å².